The molecule has 6 nitrogen and oxygen atoms in total. The van der Waals surface area contributed by atoms with E-state index < -0.39 is 0 Å². The molecule has 4 rings (SSSR count). The topological polar surface area (TPSA) is 58.9 Å². The first-order valence-electron chi connectivity index (χ1n) is 9.15. The molecule has 0 radical (unpaired) electrons. The molecule has 1 atom stereocenters. The summed E-state index contributed by atoms with van der Waals surface area (Å²) in [5.41, 5.74) is 3.33. The van der Waals surface area contributed by atoms with Gasteiger partial charge in [-0.3, -0.25) is 0 Å². The van der Waals surface area contributed by atoms with E-state index in [0.29, 0.717) is 6.04 Å². The molecule has 0 saturated carbocycles. The molecule has 0 aliphatic carbocycles. The molecule has 1 fully saturated rings. The zero-order valence-electron chi connectivity index (χ0n) is 15.0. The van der Waals surface area contributed by atoms with Crippen LogP contribution < -0.4 is 10.2 Å². The van der Waals surface area contributed by atoms with Gasteiger partial charge in [0, 0.05) is 38.1 Å². The minimum Gasteiger partial charge on any atom is -0.354 e. The number of rotatable bonds is 5. The highest BCUT2D eigenvalue weighted by atomic mass is 15.3. The molecule has 0 amide bonds. The number of aromatic nitrogens is 4. The summed E-state index contributed by atoms with van der Waals surface area (Å²) in [7, 11) is 0. The molecular formula is C20H24N6. The predicted octanol–water partition coefficient (Wildman–Crippen LogP) is 2.73. The summed E-state index contributed by atoms with van der Waals surface area (Å²) in [6, 6.07) is 15.0. The fourth-order valence-corrected chi connectivity index (χ4v) is 3.36. The van der Waals surface area contributed by atoms with Crippen LogP contribution in [0.2, 0.25) is 0 Å². The predicted molar refractivity (Wildman–Crippen MR) is 102 cm³/mol. The van der Waals surface area contributed by atoms with Gasteiger partial charge in [-0.05, 0) is 55.7 Å². The van der Waals surface area contributed by atoms with Gasteiger partial charge < -0.3 is 10.2 Å². The smallest absolute Gasteiger partial charge is 0.151 e. The van der Waals surface area contributed by atoms with Crippen molar-refractivity contribution < 1.29 is 0 Å². The first kappa shape index (κ1) is 16.7. The Balaban J connectivity index is 1.33. The van der Waals surface area contributed by atoms with Crippen molar-refractivity contribution >= 4 is 5.82 Å². The molecule has 134 valence electrons. The Morgan fingerprint density at radius 1 is 1.12 bits per heavy atom. The van der Waals surface area contributed by atoms with Gasteiger partial charge in [-0.1, -0.05) is 12.1 Å². The maximum Gasteiger partial charge on any atom is 0.151 e. The maximum absolute atomic E-state index is 4.33. The fraction of sp³-hybridized carbons (Fsp3) is 0.350. The standard InChI is InChI=1S/C20H24N6/c1-16-5-10-20(24-23-16)25-12-2-4-18(15-25)21-14-17-6-8-19(9-7-17)26-13-3-11-22-26/h3,5-11,13,18,21H,2,4,12,14-15H2,1H3/t18-/m0/s1. The van der Waals surface area contributed by atoms with Crippen LogP contribution in [-0.4, -0.2) is 39.1 Å². The number of benzene rings is 1. The number of nitrogens with zero attached hydrogens (tertiary/aromatic N) is 5. The molecule has 0 spiro atoms. The second-order valence-corrected chi connectivity index (χ2v) is 6.82. The third kappa shape index (κ3) is 3.91. The van der Waals surface area contributed by atoms with Crippen LogP contribution in [0, 0.1) is 6.92 Å². The Kier molecular flexibility index (Phi) is 4.93. The lowest BCUT2D eigenvalue weighted by Gasteiger charge is -2.33. The van der Waals surface area contributed by atoms with Crippen LogP contribution in [0.4, 0.5) is 5.82 Å². The second-order valence-electron chi connectivity index (χ2n) is 6.82. The molecule has 26 heavy (non-hydrogen) atoms. The van der Waals surface area contributed by atoms with E-state index in [1.54, 1.807) is 6.20 Å². The van der Waals surface area contributed by atoms with Crippen molar-refractivity contribution in [2.24, 2.45) is 0 Å². The Morgan fingerprint density at radius 3 is 2.73 bits per heavy atom. The van der Waals surface area contributed by atoms with E-state index in [2.05, 4.69) is 55.8 Å². The number of piperidine rings is 1. The number of hydrogen-bond acceptors (Lipinski definition) is 5. The van der Waals surface area contributed by atoms with E-state index in [0.717, 1.165) is 36.8 Å². The van der Waals surface area contributed by atoms with Gasteiger partial charge in [-0.2, -0.15) is 10.2 Å². The van der Waals surface area contributed by atoms with Crippen molar-refractivity contribution in [2.45, 2.75) is 32.4 Å². The van der Waals surface area contributed by atoms with Gasteiger partial charge in [-0.15, -0.1) is 5.10 Å². The lowest BCUT2D eigenvalue weighted by atomic mass is 10.1. The van der Waals surface area contributed by atoms with Gasteiger partial charge in [0.15, 0.2) is 5.82 Å². The van der Waals surface area contributed by atoms with Crippen LogP contribution in [0.5, 0.6) is 0 Å². The van der Waals surface area contributed by atoms with Crippen LogP contribution in [0.15, 0.2) is 54.9 Å². The van der Waals surface area contributed by atoms with E-state index >= 15 is 0 Å². The molecule has 0 bridgehead atoms. The number of anilines is 1. The molecule has 3 heterocycles. The molecule has 2 aromatic heterocycles. The van der Waals surface area contributed by atoms with E-state index in [1.165, 1.54) is 18.4 Å². The van der Waals surface area contributed by atoms with Crippen LogP contribution in [0.3, 0.4) is 0 Å². The number of nitrogens with one attached hydrogen (secondary N) is 1. The number of hydrogen-bond donors (Lipinski definition) is 1. The van der Waals surface area contributed by atoms with E-state index in [9.17, 15) is 0 Å². The summed E-state index contributed by atoms with van der Waals surface area (Å²) in [6.45, 7) is 4.87. The molecule has 1 N–H and O–H groups in total. The molecular weight excluding hydrogens is 324 g/mol. The van der Waals surface area contributed by atoms with Crippen LogP contribution in [0.25, 0.3) is 5.69 Å². The summed E-state index contributed by atoms with van der Waals surface area (Å²) in [5.74, 6) is 0.977. The Bertz CT molecular complexity index is 811. The van der Waals surface area contributed by atoms with Crippen LogP contribution in [-0.2, 0) is 6.54 Å². The van der Waals surface area contributed by atoms with E-state index in [4.69, 9.17) is 0 Å². The fourth-order valence-electron chi connectivity index (χ4n) is 3.36. The van der Waals surface area contributed by atoms with Crippen molar-refractivity contribution in [3.8, 4) is 5.69 Å². The molecule has 0 unspecified atom stereocenters. The summed E-state index contributed by atoms with van der Waals surface area (Å²) in [5, 5.41) is 16.5. The summed E-state index contributed by atoms with van der Waals surface area (Å²) < 4.78 is 1.87. The molecule has 1 aromatic carbocycles. The molecule has 3 aromatic rings. The van der Waals surface area contributed by atoms with Crippen molar-refractivity contribution in [1.29, 1.82) is 0 Å². The third-order valence-electron chi connectivity index (χ3n) is 4.83. The minimum atomic E-state index is 0.470. The van der Waals surface area contributed by atoms with Crippen molar-refractivity contribution in [3.63, 3.8) is 0 Å². The first-order chi connectivity index (χ1) is 12.8. The Hall–Kier alpha value is -2.73. The van der Waals surface area contributed by atoms with E-state index in [1.807, 2.05) is 29.9 Å². The highest BCUT2D eigenvalue weighted by molar-refractivity contribution is 5.38. The molecule has 1 aliphatic heterocycles. The first-order valence-corrected chi connectivity index (χ1v) is 9.15. The van der Waals surface area contributed by atoms with E-state index in [-0.39, 0.29) is 0 Å². The van der Waals surface area contributed by atoms with Gasteiger partial charge in [0.25, 0.3) is 0 Å². The quantitative estimate of drug-likeness (QED) is 0.768. The normalized spacial score (nSPS) is 17.4. The van der Waals surface area contributed by atoms with Crippen molar-refractivity contribution in [1.82, 2.24) is 25.3 Å². The zero-order valence-corrected chi connectivity index (χ0v) is 15.0. The lowest BCUT2D eigenvalue weighted by Crippen LogP contribution is -2.45. The highest BCUT2D eigenvalue weighted by Gasteiger charge is 2.20. The van der Waals surface area contributed by atoms with Gasteiger partial charge in [0.05, 0.1) is 11.4 Å². The highest BCUT2D eigenvalue weighted by Crippen LogP contribution is 2.18. The molecule has 1 aliphatic rings. The van der Waals surface area contributed by atoms with Crippen LogP contribution >= 0.6 is 0 Å². The average molecular weight is 348 g/mol. The van der Waals surface area contributed by atoms with Crippen molar-refractivity contribution in [2.75, 3.05) is 18.0 Å². The van der Waals surface area contributed by atoms with Crippen LogP contribution in [0.1, 0.15) is 24.1 Å². The largest absolute Gasteiger partial charge is 0.354 e. The Morgan fingerprint density at radius 2 is 2.00 bits per heavy atom. The summed E-state index contributed by atoms with van der Waals surface area (Å²) in [4.78, 5) is 2.33. The summed E-state index contributed by atoms with van der Waals surface area (Å²) >= 11 is 0. The maximum atomic E-state index is 4.33. The zero-order chi connectivity index (χ0) is 17.8. The Labute approximate surface area is 153 Å². The average Bonchev–Trinajstić information content (AvgIpc) is 3.22. The SMILES string of the molecule is Cc1ccc(N2CCC[C@H](NCc3ccc(-n4cccn4)cc3)C2)nn1. The lowest BCUT2D eigenvalue weighted by molar-refractivity contribution is 0.419. The van der Waals surface area contributed by atoms with Gasteiger partial charge in [0.2, 0.25) is 0 Å². The minimum absolute atomic E-state index is 0.470. The second kappa shape index (κ2) is 7.66. The van der Waals surface area contributed by atoms with Gasteiger partial charge >= 0.3 is 0 Å². The van der Waals surface area contributed by atoms with Gasteiger partial charge in [0.1, 0.15) is 0 Å². The summed E-state index contributed by atoms with van der Waals surface area (Å²) in [6.07, 6.45) is 6.12. The third-order valence-corrected chi connectivity index (χ3v) is 4.83. The van der Waals surface area contributed by atoms with Crippen molar-refractivity contribution in [3.05, 3.63) is 66.1 Å². The number of aryl methyl sites for hydroxylation is 1. The monoisotopic (exact) mass is 348 g/mol. The van der Waals surface area contributed by atoms with Gasteiger partial charge in [-0.25, -0.2) is 4.68 Å². The molecule has 1 saturated heterocycles. The molecule has 6 heteroatoms.